The molecule has 1 aromatic rings. The maximum atomic E-state index is 11.4. The number of hydrogen-bond donors (Lipinski definition) is 2. The predicted octanol–water partition coefficient (Wildman–Crippen LogP) is 1.49. The van der Waals surface area contributed by atoms with Gasteiger partial charge in [-0.1, -0.05) is 17.7 Å². The summed E-state index contributed by atoms with van der Waals surface area (Å²) in [5, 5.41) is 9.63. The summed E-state index contributed by atoms with van der Waals surface area (Å²) in [6, 6.07) is 4.41. The van der Waals surface area contributed by atoms with E-state index in [2.05, 4.69) is 4.72 Å². The first kappa shape index (κ1) is 9.36. The molecule has 2 N–H and O–H groups in total. The minimum Gasteiger partial charge on any atom is -0.506 e. The molecule has 6 heteroatoms. The Bertz CT molecular complexity index is 521. The number of hydrogen-bond acceptors (Lipinski definition) is 3. The minimum absolute atomic E-state index is 0.00926. The number of benzene rings is 1. The highest BCUT2D eigenvalue weighted by atomic mass is 35.5. The van der Waals surface area contributed by atoms with Gasteiger partial charge in [-0.15, -0.1) is 0 Å². The largest absolute Gasteiger partial charge is 0.506 e. The quantitative estimate of drug-likeness (QED) is 0.711. The second-order valence-electron chi connectivity index (χ2n) is 2.76. The number of fused-ring (bicyclic) bond motifs is 1. The summed E-state index contributed by atoms with van der Waals surface area (Å²) in [7, 11) is -3.57. The Morgan fingerprint density at radius 2 is 2.07 bits per heavy atom. The average Bonchev–Trinajstić information content (AvgIpc) is 2.12. The van der Waals surface area contributed by atoms with E-state index in [-0.39, 0.29) is 21.2 Å². The van der Waals surface area contributed by atoms with Crippen molar-refractivity contribution < 1.29 is 13.5 Å². The Labute approximate surface area is 85.9 Å². The predicted molar refractivity (Wildman–Crippen MR) is 52.4 cm³/mol. The van der Waals surface area contributed by atoms with Gasteiger partial charge in [-0.2, -0.15) is 0 Å². The standard InChI is InChI=1S/C8H6ClNO3S/c9-5-2-1-3-7-8(5)6(11)4-10-14(7,12)13/h1-4,10-11H. The summed E-state index contributed by atoms with van der Waals surface area (Å²) in [5.74, 6) is -0.180. The SMILES string of the molecule is O=S1(=O)NC=C(O)c2c(Cl)cccc21. The summed E-state index contributed by atoms with van der Waals surface area (Å²) >= 11 is 5.77. The summed E-state index contributed by atoms with van der Waals surface area (Å²) < 4.78 is 25.0. The van der Waals surface area contributed by atoms with Crippen LogP contribution in [0.4, 0.5) is 0 Å². The molecule has 0 saturated carbocycles. The Balaban J connectivity index is 2.85. The first-order chi connectivity index (χ1) is 6.52. The Hall–Kier alpha value is -1.20. The van der Waals surface area contributed by atoms with E-state index < -0.39 is 10.0 Å². The van der Waals surface area contributed by atoms with Crippen LogP contribution in [0.3, 0.4) is 0 Å². The maximum absolute atomic E-state index is 11.4. The van der Waals surface area contributed by atoms with Crippen LogP contribution in [0.25, 0.3) is 5.76 Å². The highest BCUT2D eigenvalue weighted by Gasteiger charge is 2.25. The lowest BCUT2D eigenvalue weighted by Gasteiger charge is -2.16. The molecule has 0 bridgehead atoms. The maximum Gasteiger partial charge on any atom is 0.262 e. The van der Waals surface area contributed by atoms with Crippen LogP contribution in [0.5, 0.6) is 0 Å². The molecule has 1 aromatic carbocycles. The van der Waals surface area contributed by atoms with Gasteiger partial charge in [0.05, 0.1) is 21.7 Å². The summed E-state index contributed by atoms with van der Waals surface area (Å²) in [6.07, 6.45) is 1.00. The molecule has 0 unspecified atom stereocenters. The van der Waals surface area contributed by atoms with Crippen molar-refractivity contribution in [2.24, 2.45) is 0 Å². The fraction of sp³-hybridized carbons (Fsp3) is 0. The molecule has 1 aliphatic rings. The number of aliphatic hydroxyl groups excluding tert-OH is 1. The van der Waals surface area contributed by atoms with Crippen LogP contribution in [0.15, 0.2) is 29.3 Å². The van der Waals surface area contributed by atoms with E-state index in [1.807, 2.05) is 0 Å². The third kappa shape index (κ3) is 1.25. The first-order valence-corrected chi connectivity index (χ1v) is 5.59. The third-order valence-corrected chi connectivity index (χ3v) is 3.53. The summed E-state index contributed by atoms with van der Waals surface area (Å²) in [4.78, 5) is -0.00926. The Kier molecular flexibility index (Phi) is 1.94. The van der Waals surface area contributed by atoms with Gasteiger partial charge >= 0.3 is 0 Å². The van der Waals surface area contributed by atoms with E-state index in [1.165, 1.54) is 18.2 Å². The zero-order chi connectivity index (χ0) is 10.3. The minimum atomic E-state index is -3.57. The van der Waals surface area contributed by atoms with Crippen molar-refractivity contribution in [3.8, 4) is 0 Å². The van der Waals surface area contributed by atoms with E-state index in [0.717, 1.165) is 6.20 Å². The first-order valence-electron chi connectivity index (χ1n) is 3.73. The van der Waals surface area contributed by atoms with Crippen LogP contribution >= 0.6 is 11.6 Å². The number of rotatable bonds is 0. The van der Waals surface area contributed by atoms with Crippen molar-refractivity contribution >= 4 is 27.4 Å². The third-order valence-electron chi connectivity index (χ3n) is 1.87. The fourth-order valence-electron chi connectivity index (χ4n) is 1.25. The van der Waals surface area contributed by atoms with Crippen LogP contribution in [0, 0.1) is 0 Å². The molecule has 0 aliphatic carbocycles. The molecule has 1 heterocycles. The molecule has 74 valence electrons. The smallest absolute Gasteiger partial charge is 0.262 e. The van der Waals surface area contributed by atoms with Crippen LogP contribution in [-0.4, -0.2) is 13.5 Å². The molecule has 4 nitrogen and oxygen atoms in total. The lowest BCUT2D eigenvalue weighted by Crippen LogP contribution is -2.23. The number of sulfonamides is 1. The van der Waals surface area contributed by atoms with E-state index in [4.69, 9.17) is 11.6 Å². The monoisotopic (exact) mass is 231 g/mol. The van der Waals surface area contributed by atoms with Crippen molar-refractivity contribution in [2.45, 2.75) is 4.90 Å². The van der Waals surface area contributed by atoms with Crippen molar-refractivity contribution in [2.75, 3.05) is 0 Å². The van der Waals surface area contributed by atoms with Gasteiger partial charge in [0.2, 0.25) is 0 Å². The van der Waals surface area contributed by atoms with E-state index in [1.54, 1.807) is 0 Å². The molecule has 1 aliphatic heterocycles. The topological polar surface area (TPSA) is 66.4 Å². The van der Waals surface area contributed by atoms with Gasteiger partial charge in [0.1, 0.15) is 5.76 Å². The number of aliphatic hydroxyl groups is 1. The second-order valence-corrected chi connectivity index (χ2v) is 4.85. The molecular formula is C8H6ClNO3S. The molecule has 0 saturated heterocycles. The lowest BCUT2D eigenvalue weighted by molar-refractivity contribution is 0.502. The zero-order valence-electron chi connectivity index (χ0n) is 6.86. The number of halogens is 1. The van der Waals surface area contributed by atoms with Gasteiger partial charge in [-0.05, 0) is 12.1 Å². The highest BCUT2D eigenvalue weighted by molar-refractivity contribution is 7.89. The molecule has 0 atom stereocenters. The summed E-state index contributed by atoms with van der Waals surface area (Å²) in [6.45, 7) is 0. The molecule has 0 radical (unpaired) electrons. The van der Waals surface area contributed by atoms with E-state index in [0.29, 0.717) is 0 Å². The molecule has 0 fully saturated rings. The Morgan fingerprint density at radius 3 is 2.71 bits per heavy atom. The fourth-order valence-corrected chi connectivity index (χ4v) is 2.71. The van der Waals surface area contributed by atoms with Gasteiger partial charge < -0.3 is 5.11 Å². The van der Waals surface area contributed by atoms with Gasteiger partial charge in [-0.25, -0.2) is 8.42 Å². The van der Waals surface area contributed by atoms with Crippen LogP contribution in [0.1, 0.15) is 5.56 Å². The average molecular weight is 232 g/mol. The Morgan fingerprint density at radius 1 is 1.36 bits per heavy atom. The van der Waals surface area contributed by atoms with Crippen molar-refractivity contribution in [1.82, 2.24) is 4.72 Å². The van der Waals surface area contributed by atoms with Crippen molar-refractivity contribution in [1.29, 1.82) is 0 Å². The second kappa shape index (κ2) is 2.90. The molecule has 0 aromatic heterocycles. The highest BCUT2D eigenvalue weighted by Crippen LogP contribution is 2.31. The van der Waals surface area contributed by atoms with Gasteiger partial charge in [0.25, 0.3) is 10.0 Å². The van der Waals surface area contributed by atoms with Gasteiger partial charge in [-0.3, -0.25) is 4.72 Å². The normalized spacial score (nSPS) is 17.9. The molecule has 0 spiro atoms. The van der Waals surface area contributed by atoms with Gasteiger partial charge in [0.15, 0.2) is 0 Å². The van der Waals surface area contributed by atoms with E-state index in [9.17, 15) is 13.5 Å². The van der Waals surface area contributed by atoms with Gasteiger partial charge in [0, 0.05) is 0 Å². The molecule has 14 heavy (non-hydrogen) atoms. The van der Waals surface area contributed by atoms with E-state index >= 15 is 0 Å². The number of nitrogens with one attached hydrogen (secondary N) is 1. The summed E-state index contributed by atoms with van der Waals surface area (Å²) in [5.41, 5.74) is 0.146. The van der Waals surface area contributed by atoms with Crippen LogP contribution in [0.2, 0.25) is 5.02 Å². The molecule has 0 amide bonds. The molecular weight excluding hydrogens is 226 g/mol. The lowest BCUT2D eigenvalue weighted by atomic mass is 10.2. The molecule has 2 rings (SSSR count). The van der Waals surface area contributed by atoms with Crippen LogP contribution in [-0.2, 0) is 10.0 Å². The zero-order valence-corrected chi connectivity index (χ0v) is 8.43. The van der Waals surface area contributed by atoms with Crippen LogP contribution < -0.4 is 4.72 Å². The van der Waals surface area contributed by atoms with Crippen molar-refractivity contribution in [3.05, 3.63) is 35.0 Å². The van der Waals surface area contributed by atoms with Crippen molar-refractivity contribution in [3.63, 3.8) is 0 Å².